The molecule has 0 bridgehead atoms. The van der Waals surface area contributed by atoms with Crippen molar-refractivity contribution in [2.75, 3.05) is 19.6 Å². The van der Waals surface area contributed by atoms with E-state index >= 15 is 0 Å². The number of hydrogen-bond acceptors (Lipinski definition) is 7. The number of piperidine rings is 1. The van der Waals surface area contributed by atoms with E-state index in [0.29, 0.717) is 58.3 Å². The number of ether oxygens (including phenoxy) is 1. The quantitative estimate of drug-likeness (QED) is 0.146. The van der Waals surface area contributed by atoms with Gasteiger partial charge in [-0.15, -0.1) is 6.58 Å². The number of amides is 2. The molecular formula is C36H47N5O3S. The fraction of sp³-hybridized carbons (Fsp3) is 0.500. The summed E-state index contributed by atoms with van der Waals surface area (Å²) in [6.07, 6.45) is 10.8. The summed E-state index contributed by atoms with van der Waals surface area (Å²) < 4.78 is 6.36. The van der Waals surface area contributed by atoms with Crippen molar-refractivity contribution in [3.05, 3.63) is 71.8 Å². The average Bonchev–Trinajstić information content (AvgIpc) is 3.41. The zero-order valence-corrected chi connectivity index (χ0v) is 27.5. The molecule has 0 radical (unpaired) electrons. The Labute approximate surface area is 272 Å². The van der Waals surface area contributed by atoms with Gasteiger partial charge in [0.1, 0.15) is 16.5 Å². The highest BCUT2D eigenvalue weighted by atomic mass is 32.2. The average molecular weight is 630 g/mol. The molecule has 240 valence electrons. The first kappa shape index (κ1) is 32.9. The third-order valence-electron chi connectivity index (χ3n) is 9.30. The van der Waals surface area contributed by atoms with Gasteiger partial charge in [0.2, 0.25) is 5.91 Å². The van der Waals surface area contributed by atoms with Crippen LogP contribution in [-0.4, -0.2) is 63.4 Å². The van der Waals surface area contributed by atoms with Gasteiger partial charge in [-0.2, -0.15) is 0 Å². The Kier molecular flexibility index (Phi) is 11.2. The third kappa shape index (κ3) is 8.64. The monoisotopic (exact) mass is 629 g/mol. The smallest absolute Gasteiger partial charge is 0.251 e. The van der Waals surface area contributed by atoms with E-state index in [4.69, 9.17) is 15.6 Å². The van der Waals surface area contributed by atoms with Gasteiger partial charge in [0.15, 0.2) is 0 Å². The number of thioether (sulfide) groups is 1. The van der Waals surface area contributed by atoms with Gasteiger partial charge in [-0.25, -0.2) is 0 Å². The van der Waals surface area contributed by atoms with Crippen molar-refractivity contribution < 1.29 is 14.3 Å². The molecule has 8 nitrogen and oxygen atoms in total. The standard InChI is InChI=1S/C36H47N5O3S/c1-4-25-20-33(42)41(22-25)23-28-11-10-27(36(43)39-29-16-18-40(19-17-29)30-8-6-5-7-9-30)21-32(28)44-31-14-12-26(13-15-31)35(38)45-34(37)24(2)3/h4,10-15,21,24-25,29-30,37-38H,1,5-9,16-20,22-23H2,2-3H3,(H,39,43)/t25-/m0/s1. The number of carbonyl (C=O) groups excluding carboxylic acids is 2. The molecule has 5 rings (SSSR count). The molecule has 1 atom stereocenters. The highest BCUT2D eigenvalue weighted by Crippen LogP contribution is 2.31. The van der Waals surface area contributed by atoms with Crippen LogP contribution in [0.2, 0.25) is 0 Å². The van der Waals surface area contributed by atoms with E-state index in [0.717, 1.165) is 43.3 Å². The number of likely N-dealkylation sites (tertiary alicyclic amines) is 2. The molecule has 3 aliphatic rings. The van der Waals surface area contributed by atoms with E-state index in [1.54, 1.807) is 18.2 Å². The van der Waals surface area contributed by atoms with Crippen LogP contribution in [0.5, 0.6) is 11.5 Å². The molecule has 0 spiro atoms. The first-order valence-electron chi connectivity index (χ1n) is 16.4. The number of nitrogens with zero attached hydrogens (tertiary/aromatic N) is 2. The van der Waals surface area contributed by atoms with Crippen LogP contribution < -0.4 is 10.1 Å². The highest BCUT2D eigenvalue weighted by molar-refractivity contribution is 8.26. The summed E-state index contributed by atoms with van der Waals surface area (Å²) in [5.74, 6) is 1.28. The van der Waals surface area contributed by atoms with Crippen molar-refractivity contribution in [3.8, 4) is 11.5 Å². The second-order valence-corrected chi connectivity index (χ2v) is 14.0. The lowest BCUT2D eigenvalue weighted by Crippen LogP contribution is -2.48. The number of benzene rings is 2. The van der Waals surface area contributed by atoms with Gasteiger partial charge >= 0.3 is 0 Å². The molecule has 3 N–H and O–H groups in total. The molecule has 9 heteroatoms. The van der Waals surface area contributed by atoms with Crippen LogP contribution in [0, 0.1) is 22.7 Å². The Morgan fingerprint density at radius 3 is 2.38 bits per heavy atom. The van der Waals surface area contributed by atoms with E-state index in [1.807, 2.05) is 49.1 Å². The van der Waals surface area contributed by atoms with E-state index in [9.17, 15) is 9.59 Å². The van der Waals surface area contributed by atoms with Crippen LogP contribution in [0.1, 0.15) is 86.7 Å². The maximum absolute atomic E-state index is 13.4. The van der Waals surface area contributed by atoms with E-state index < -0.39 is 0 Å². The molecule has 2 heterocycles. The molecule has 2 aliphatic heterocycles. The molecule has 2 aromatic rings. The number of hydrogen-bond donors (Lipinski definition) is 3. The fourth-order valence-electron chi connectivity index (χ4n) is 6.45. The Morgan fingerprint density at radius 1 is 1.04 bits per heavy atom. The third-order valence-corrected chi connectivity index (χ3v) is 10.4. The lowest BCUT2D eigenvalue weighted by molar-refractivity contribution is -0.128. The van der Waals surface area contributed by atoms with Crippen LogP contribution in [-0.2, 0) is 11.3 Å². The molecule has 2 amide bonds. The summed E-state index contributed by atoms with van der Waals surface area (Å²) in [6.45, 7) is 10.8. The molecule has 3 fully saturated rings. The van der Waals surface area contributed by atoms with Crippen molar-refractivity contribution in [3.63, 3.8) is 0 Å². The zero-order chi connectivity index (χ0) is 31.9. The zero-order valence-electron chi connectivity index (χ0n) is 26.6. The predicted octanol–water partition coefficient (Wildman–Crippen LogP) is 7.23. The maximum Gasteiger partial charge on any atom is 0.251 e. The number of carbonyl (C=O) groups is 2. The van der Waals surface area contributed by atoms with E-state index in [2.05, 4.69) is 16.8 Å². The second kappa shape index (κ2) is 15.2. The van der Waals surface area contributed by atoms with Crippen molar-refractivity contribution in [2.24, 2.45) is 11.8 Å². The second-order valence-electron chi connectivity index (χ2n) is 12.9. The Balaban J connectivity index is 1.28. The Bertz CT molecular complexity index is 1390. The molecule has 0 unspecified atom stereocenters. The van der Waals surface area contributed by atoms with Crippen molar-refractivity contribution in [1.82, 2.24) is 15.1 Å². The van der Waals surface area contributed by atoms with Gasteiger partial charge in [0, 0.05) is 73.2 Å². The topological polar surface area (TPSA) is 110 Å². The first-order chi connectivity index (χ1) is 21.7. The van der Waals surface area contributed by atoms with Crippen LogP contribution >= 0.6 is 11.8 Å². The number of nitrogens with one attached hydrogen (secondary N) is 3. The van der Waals surface area contributed by atoms with Crippen LogP contribution in [0.3, 0.4) is 0 Å². The minimum atomic E-state index is -0.111. The summed E-state index contributed by atoms with van der Waals surface area (Å²) in [6, 6.07) is 13.6. The summed E-state index contributed by atoms with van der Waals surface area (Å²) in [5.41, 5.74) is 2.06. The molecule has 1 aliphatic carbocycles. The maximum atomic E-state index is 13.4. The van der Waals surface area contributed by atoms with Crippen molar-refractivity contribution >= 4 is 33.7 Å². The van der Waals surface area contributed by atoms with E-state index in [1.165, 1.54) is 32.1 Å². The summed E-state index contributed by atoms with van der Waals surface area (Å²) in [7, 11) is 0. The van der Waals surface area contributed by atoms with Crippen molar-refractivity contribution in [2.45, 2.75) is 83.8 Å². The van der Waals surface area contributed by atoms with Crippen molar-refractivity contribution in [1.29, 1.82) is 10.8 Å². The van der Waals surface area contributed by atoms with Gasteiger partial charge in [0.05, 0.1) is 5.04 Å². The van der Waals surface area contributed by atoms with E-state index in [-0.39, 0.29) is 29.7 Å². The highest BCUT2D eigenvalue weighted by Gasteiger charge is 2.29. The van der Waals surface area contributed by atoms with Gasteiger partial charge in [-0.05, 0) is 62.1 Å². The molecule has 0 aromatic heterocycles. The number of rotatable bonds is 10. The first-order valence-corrected chi connectivity index (χ1v) is 17.2. The lowest BCUT2D eigenvalue weighted by atomic mass is 9.92. The SMILES string of the molecule is C=C[C@H]1CC(=O)N(Cc2ccc(C(=O)NC3CCN(C4CCCCC4)CC3)cc2Oc2ccc(C(=N)SC(=N)C(C)C)cc2)C1. The fourth-order valence-corrected chi connectivity index (χ4v) is 7.16. The van der Waals surface area contributed by atoms with Gasteiger partial charge in [0.25, 0.3) is 5.91 Å². The Morgan fingerprint density at radius 2 is 1.73 bits per heavy atom. The molecule has 1 saturated carbocycles. The minimum absolute atomic E-state index is 0.0689. The molecule has 2 saturated heterocycles. The normalized spacial score (nSPS) is 19.9. The minimum Gasteiger partial charge on any atom is -0.457 e. The molecule has 2 aromatic carbocycles. The van der Waals surface area contributed by atoms with Crippen LogP contribution in [0.4, 0.5) is 0 Å². The molecule has 45 heavy (non-hydrogen) atoms. The van der Waals surface area contributed by atoms with Crippen LogP contribution in [0.25, 0.3) is 0 Å². The molecular weight excluding hydrogens is 582 g/mol. The summed E-state index contributed by atoms with van der Waals surface area (Å²) in [5, 5.41) is 20.5. The predicted molar refractivity (Wildman–Crippen MR) is 183 cm³/mol. The summed E-state index contributed by atoms with van der Waals surface area (Å²) >= 11 is 1.15. The summed E-state index contributed by atoms with van der Waals surface area (Å²) in [4.78, 5) is 30.6. The van der Waals surface area contributed by atoms with Gasteiger partial charge in [-0.3, -0.25) is 20.4 Å². The van der Waals surface area contributed by atoms with Gasteiger partial charge in [-0.1, -0.05) is 57.0 Å². The lowest BCUT2D eigenvalue weighted by Gasteiger charge is -2.39. The largest absolute Gasteiger partial charge is 0.457 e. The van der Waals surface area contributed by atoms with Gasteiger partial charge < -0.3 is 19.9 Å². The van der Waals surface area contributed by atoms with Crippen LogP contribution in [0.15, 0.2) is 55.1 Å². The Hall–Kier alpha value is -3.43.